The number of aromatic nitrogens is 2. The first-order valence-electron chi connectivity index (χ1n) is 7.79. The smallest absolute Gasteiger partial charge is 0.124 e. The number of fused-ring (bicyclic) bond motifs is 1. The van der Waals surface area contributed by atoms with E-state index in [1.165, 1.54) is 11.1 Å². The molecule has 1 unspecified atom stereocenters. The third-order valence-corrected chi connectivity index (χ3v) is 3.99. The van der Waals surface area contributed by atoms with Crippen LogP contribution in [0.1, 0.15) is 36.2 Å². The first-order valence-corrected chi connectivity index (χ1v) is 7.79. The monoisotopic (exact) mass is 301 g/mol. The zero-order valence-corrected chi connectivity index (χ0v) is 13.4. The lowest BCUT2D eigenvalue weighted by Gasteiger charge is -2.27. The molecule has 118 valence electrons. The van der Waals surface area contributed by atoms with Crippen LogP contribution >= 0.6 is 0 Å². The van der Waals surface area contributed by atoms with E-state index in [0.717, 1.165) is 36.8 Å². The minimum Gasteiger partial charge on any atom is -0.494 e. The highest BCUT2D eigenvalue weighted by atomic mass is 16.5. The van der Waals surface area contributed by atoms with E-state index in [0.29, 0.717) is 6.61 Å². The Morgan fingerprint density at radius 1 is 1.45 bits per heavy atom. The Kier molecular flexibility index (Phi) is 4.34. The lowest BCUT2D eigenvalue weighted by Crippen LogP contribution is -2.27. The molecule has 5 nitrogen and oxygen atoms in total. The Morgan fingerprint density at radius 3 is 3.05 bits per heavy atom. The minimum absolute atomic E-state index is 0.281. The predicted molar refractivity (Wildman–Crippen MR) is 85.2 cm³/mol. The SMILES string of the molecule is CCOc1ccc2c(c1)C(NCc1cn(C)nc1C)CCO2. The number of hydrogen-bond donors (Lipinski definition) is 1. The molecule has 0 saturated carbocycles. The fourth-order valence-corrected chi connectivity index (χ4v) is 2.90. The van der Waals surface area contributed by atoms with Gasteiger partial charge in [-0.25, -0.2) is 0 Å². The summed E-state index contributed by atoms with van der Waals surface area (Å²) in [5, 5.41) is 8.02. The molecule has 0 spiro atoms. The van der Waals surface area contributed by atoms with Gasteiger partial charge in [0, 0.05) is 43.4 Å². The van der Waals surface area contributed by atoms with Crippen molar-refractivity contribution in [3.63, 3.8) is 0 Å². The molecular weight excluding hydrogens is 278 g/mol. The summed E-state index contributed by atoms with van der Waals surface area (Å²) >= 11 is 0. The van der Waals surface area contributed by atoms with Gasteiger partial charge in [0.05, 0.1) is 18.9 Å². The second-order valence-corrected chi connectivity index (χ2v) is 5.62. The van der Waals surface area contributed by atoms with E-state index in [9.17, 15) is 0 Å². The van der Waals surface area contributed by atoms with Crippen molar-refractivity contribution in [2.24, 2.45) is 7.05 Å². The Labute approximate surface area is 131 Å². The van der Waals surface area contributed by atoms with Gasteiger partial charge in [0.25, 0.3) is 0 Å². The lowest BCUT2D eigenvalue weighted by molar-refractivity contribution is 0.250. The van der Waals surface area contributed by atoms with Crippen molar-refractivity contribution in [1.29, 1.82) is 0 Å². The molecule has 1 atom stereocenters. The van der Waals surface area contributed by atoms with Crippen LogP contribution in [0.15, 0.2) is 24.4 Å². The summed E-state index contributed by atoms with van der Waals surface area (Å²) in [5.41, 5.74) is 3.49. The number of nitrogens with one attached hydrogen (secondary N) is 1. The summed E-state index contributed by atoms with van der Waals surface area (Å²) in [5.74, 6) is 1.85. The molecular formula is C17H23N3O2. The number of benzene rings is 1. The van der Waals surface area contributed by atoms with Crippen LogP contribution in [0.3, 0.4) is 0 Å². The first kappa shape index (κ1) is 14.9. The lowest BCUT2D eigenvalue weighted by atomic mass is 10.00. The van der Waals surface area contributed by atoms with Crippen molar-refractivity contribution in [2.75, 3.05) is 13.2 Å². The fourth-order valence-electron chi connectivity index (χ4n) is 2.90. The molecule has 1 aliphatic rings. The molecule has 1 aliphatic heterocycles. The van der Waals surface area contributed by atoms with Crippen LogP contribution in [0, 0.1) is 6.92 Å². The van der Waals surface area contributed by atoms with Crippen LogP contribution in [0.5, 0.6) is 11.5 Å². The quantitative estimate of drug-likeness (QED) is 0.922. The zero-order chi connectivity index (χ0) is 15.5. The summed E-state index contributed by atoms with van der Waals surface area (Å²) in [6, 6.07) is 6.34. The average molecular weight is 301 g/mol. The van der Waals surface area contributed by atoms with Crippen molar-refractivity contribution in [2.45, 2.75) is 32.9 Å². The van der Waals surface area contributed by atoms with Gasteiger partial charge in [0.2, 0.25) is 0 Å². The van der Waals surface area contributed by atoms with Crippen LogP contribution in [0.25, 0.3) is 0 Å². The van der Waals surface area contributed by atoms with Gasteiger partial charge in [-0.1, -0.05) is 0 Å². The van der Waals surface area contributed by atoms with E-state index in [2.05, 4.69) is 22.7 Å². The molecule has 1 aromatic carbocycles. The van der Waals surface area contributed by atoms with E-state index >= 15 is 0 Å². The highest BCUT2D eigenvalue weighted by Gasteiger charge is 2.22. The van der Waals surface area contributed by atoms with Crippen LogP contribution in [0.4, 0.5) is 0 Å². The maximum absolute atomic E-state index is 5.75. The van der Waals surface area contributed by atoms with Crippen LogP contribution in [-0.4, -0.2) is 23.0 Å². The maximum Gasteiger partial charge on any atom is 0.124 e. The average Bonchev–Trinajstić information content (AvgIpc) is 2.83. The van der Waals surface area contributed by atoms with Crippen molar-refractivity contribution in [3.05, 3.63) is 41.2 Å². The molecule has 0 aliphatic carbocycles. The van der Waals surface area contributed by atoms with Crippen molar-refractivity contribution >= 4 is 0 Å². The second-order valence-electron chi connectivity index (χ2n) is 5.62. The summed E-state index contributed by atoms with van der Waals surface area (Å²) in [6.07, 6.45) is 3.03. The van der Waals surface area contributed by atoms with Gasteiger partial charge < -0.3 is 14.8 Å². The maximum atomic E-state index is 5.75. The van der Waals surface area contributed by atoms with Crippen molar-refractivity contribution in [3.8, 4) is 11.5 Å². The Balaban J connectivity index is 1.75. The Bertz CT molecular complexity index is 651. The molecule has 0 amide bonds. The van der Waals surface area contributed by atoms with E-state index in [4.69, 9.17) is 9.47 Å². The van der Waals surface area contributed by atoms with E-state index in [1.54, 1.807) is 0 Å². The number of hydrogen-bond acceptors (Lipinski definition) is 4. The predicted octanol–water partition coefficient (Wildman–Crippen LogP) is 2.74. The van der Waals surface area contributed by atoms with Gasteiger partial charge in [-0.3, -0.25) is 4.68 Å². The van der Waals surface area contributed by atoms with E-state index < -0.39 is 0 Å². The molecule has 2 heterocycles. The normalized spacial score (nSPS) is 17.0. The van der Waals surface area contributed by atoms with Crippen LogP contribution in [-0.2, 0) is 13.6 Å². The molecule has 2 aromatic rings. The summed E-state index contributed by atoms with van der Waals surface area (Å²) in [4.78, 5) is 0. The molecule has 1 aromatic heterocycles. The number of rotatable bonds is 5. The Hall–Kier alpha value is -2.01. The number of aryl methyl sites for hydroxylation is 2. The molecule has 3 rings (SSSR count). The topological polar surface area (TPSA) is 48.3 Å². The fraction of sp³-hybridized carbons (Fsp3) is 0.471. The first-order chi connectivity index (χ1) is 10.7. The highest BCUT2D eigenvalue weighted by Crippen LogP contribution is 2.35. The summed E-state index contributed by atoms with van der Waals surface area (Å²) in [7, 11) is 1.95. The van der Waals surface area contributed by atoms with Gasteiger partial charge in [-0.2, -0.15) is 5.10 Å². The third kappa shape index (κ3) is 3.09. The largest absolute Gasteiger partial charge is 0.494 e. The number of nitrogens with zero attached hydrogens (tertiary/aromatic N) is 2. The Morgan fingerprint density at radius 2 is 2.32 bits per heavy atom. The molecule has 0 fully saturated rings. The standard InChI is InChI=1S/C17H23N3O2/c1-4-21-14-5-6-17-15(9-14)16(7-8-22-17)18-10-13-11-20(3)19-12(13)2/h5-6,9,11,16,18H,4,7-8,10H2,1-3H3. The van der Waals surface area contributed by atoms with E-state index in [-0.39, 0.29) is 6.04 Å². The summed E-state index contributed by atoms with van der Waals surface area (Å²) in [6.45, 7) is 6.26. The zero-order valence-electron chi connectivity index (χ0n) is 13.4. The highest BCUT2D eigenvalue weighted by molar-refractivity contribution is 5.43. The van der Waals surface area contributed by atoms with Crippen LogP contribution in [0.2, 0.25) is 0 Å². The van der Waals surface area contributed by atoms with Gasteiger partial charge in [-0.05, 0) is 32.0 Å². The second kappa shape index (κ2) is 6.40. The molecule has 0 bridgehead atoms. The van der Waals surface area contributed by atoms with Gasteiger partial charge in [0.15, 0.2) is 0 Å². The minimum atomic E-state index is 0.281. The number of ether oxygens (including phenoxy) is 2. The van der Waals surface area contributed by atoms with Crippen molar-refractivity contribution < 1.29 is 9.47 Å². The molecule has 0 radical (unpaired) electrons. The van der Waals surface area contributed by atoms with Crippen LogP contribution < -0.4 is 14.8 Å². The van der Waals surface area contributed by atoms with Crippen molar-refractivity contribution in [1.82, 2.24) is 15.1 Å². The van der Waals surface area contributed by atoms with Gasteiger partial charge in [-0.15, -0.1) is 0 Å². The molecule has 5 heteroatoms. The molecule has 1 N–H and O–H groups in total. The molecule has 22 heavy (non-hydrogen) atoms. The summed E-state index contributed by atoms with van der Waals surface area (Å²) < 4.78 is 13.2. The van der Waals surface area contributed by atoms with Gasteiger partial charge in [0.1, 0.15) is 11.5 Å². The van der Waals surface area contributed by atoms with Gasteiger partial charge >= 0.3 is 0 Å². The van der Waals surface area contributed by atoms with E-state index in [1.807, 2.05) is 37.7 Å². The molecule has 0 saturated heterocycles. The third-order valence-electron chi connectivity index (χ3n) is 3.99.